The fraction of sp³-hybridized carbons (Fsp3) is 0.500. The molecule has 0 aliphatic heterocycles. The Bertz CT molecular complexity index is 1050. The summed E-state index contributed by atoms with van der Waals surface area (Å²) < 4.78 is 48.0. The summed E-state index contributed by atoms with van der Waals surface area (Å²) in [6.45, 7) is 0. The monoisotopic (exact) mass is 396 g/mol. The van der Waals surface area contributed by atoms with Crippen molar-refractivity contribution in [2.24, 2.45) is 0 Å². The van der Waals surface area contributed by atoms with Crippen LogP contribution in [-0.2, 0) is 32.5 Å². The van der Waals surface area contributed by atoms with Gasteiger partial charge < -0.3 is 0 Å². The fourth-order valence-electron chi connectivity index (χ4n) is 3.07. The number of hydrogen-bond donors (Lipinski definition) is 0. The van der Waals surface area contributed by atoms with Gasteiger partial charge in [-0.3, -0.25) is 0 Å². The van der Waals surface area contributed by atoms with Gasteiger partial charge in [-0.15, -0.1) is 5.10 Å². The van der Waals surface area contributed by atoms with Crippen LogP contribution in [0.25, 0.3) is 11.4 Å². The first-order chi connectivity index (χ1) is 12.2. The third kappa shape index (κ3) is 4.07. The molecule has 3 rings (SSSR count). The van der Waals surface area contributed by atoms with Gasteiger partial charge in [0.2, 0.25) is 9.84 Å². The second kappa shape index (κ2) is 6.99. The van der Waals surface area contributed by atoms with E-state index in [2.05, 4.69) is 20.2 Å². The molecule has 0 radical (unpaired) electrons. The van der Waals surface area contributed by atoms with Gasteiger partial charge >= 0.3 is 0 Å². The number of rotatable bonds is 3. The third-order valence-electron chi connectivity index (χ3n) is 4.29. The van der Waals surface area contributed by atoms with E-state index in [1.807, 2.05) is 0 Å². The van der Waals surface area contributed by atoms with E-state index in [4.69, 9.17) is 0 Å². The second-order valence-electron chi connectivity index (χ2n) is 6.53. The maximum absolute atomic E-state index is 12.3. The van der Waals surface area contributed by atoms with Gasteiger partial charge in [0.1, 0.15) is 5.69 Å². The summed E-state index contributed by atoms with van der Waals surface area (Å²) in [4.78, 5) is 8.32. The Hall–Kier alpha value is -1.94. The molecule has 0 unspecified atom stereocenters. The SMILES string of the molecule is CS(=O)(=O)c1nncc(-c2cc3c(c(S(C)(=O)=O)n2)CCCCCC3)n1. The molecule has 10 heteroatoms. The standard InChI is InChI=1S/C16H20N4O4S2/c1-25(21,22)15-12-8-6-4-3-5-7-11(12)9-13(18-15)14-10-17-20-16(19-14)26(2,23)24/h9-10H,3-8H2,1-2H3. The molecule has 2 aromatic rings. The summed E-state index contributed by atoms with van der Waals surface area (Å²) in [5.74, 6) is 0. The molecule has 26 heavy (non-hydrogen) atoms. The zero-order chi connectivity index (χ0) is 18.9. The molecule has 0 fully saturated rings. The van der Waals surface area contributed by atoms with Gasteiger partial charge in [-0.05, 0) is 42.9 Å². The number of fused-ring (bicyclic) bond motifs is 1. The minimum absolute atomic E-state index is 0.0476. The molecule has 0 N–H and O–H groups in total. The molecule has 0 saturated carbocycles. The minimum atomic E-state index is -3.63. The van der Waals surface area contributed by atoms with E-state index < -0.39 is 24.8 Å². The largest absolute Gasteiger partial charge is 0.267 e. The molecule has 0 spiro atoms. The molecular weight excluding hydrogens is 376 g/mol. The fourth-order valence-corrected chi connectivity index (χ4v) is 4.47. The topological polar surface area (TPSA) is 120 Å². The molecule has 140 valence electrons. The Morgan fingerprint density at radius 1 is 0.846 bits per heavy atom. The van der Waals surface area contributed by atoms with E-state index in [0.29, 0.717) is 12.1 Å². The summed E-state index contributed by atoms with van der Waals surface area (Å²) in [5, 5.41) is 6.85. The van der Waals surface area contributed by atoms with Gasteiger partial charge in [-0.1, -0.05) is 12.8 Å². The normalized spacial score (nSPS) is 15.8. The van der Waals surface area contributed by atoms with Crippen molar-refractivity contribution in [1.29, 1.82) is 0 Å². The molecule has 2 heterocycles. The number of nitrogens with zero attached hydrogens (tertiary/aromatic N) is 4. The van der Waals surface area contributed by atoms with E-state index in [-0.39, 0.29) is 10.7 Å². The maximum Gasteiger partial charge on any atom is 0.267 e. The summed E-state index contributed by atoms with van der Waals surface area (Å²) in [7, 11) is -7.17. The second-order valence-corrected chi connectivity index (χ2v) is 10.4. The van der Waals surface area contributed by atoms with Crippen molar-refractivity contribution < 1.29 is 16.8 Å². The summed E-state index contributed by atoms with van der Waals surface area (Å²) in [6.07, 6.45) is 8.89. The summed E-state index contributed by atoms with van der Waals surface area (Å²) in [6, 6.07) is 1.80. The maximum atomic E-state index is 12.3. The van der Waals surface area contributed by atoms with Crippen LogP contribution in [0.5, 0.6) is 0 Å². The number of pyridine rings is 1. The average Bonchev–Trinajstić information content (AvgIpc) is 2.53. The van der Waals surface area contributed by atoms with E-state index in [1.165, 1.54) is 6.20 Å². The van der Waals surface area contributed by atoms with Gasteiger partial charge in [0.25, 0.3) is 5.16 Å². The van der Waals surface area contributed by atoms with E-state index >= 15 is 0 Å². The smallest absolute Gasteiger partial charge is 0.234 e. The molecule has 2 aromatic heterocycles. The average molecular weight is 396 g/mol. The Kier molecular flexibility index (Phi) is 5.07. The molecule has 0 bridgehead atoms. The predicted octanol–water partition coefficient (Wildman–Crippen LogP) is 1.40. The lowest BCUT2D eigenvalue weighted by Gasteiger charge is -2.17. The van der Waals surface area contributed by atoms with Crippen molar-refractivity contribution in [2.45, 2.75) is 48.7 Å². The number of aryl methyl sites for hydroxylation is 1. The molecule has 0 atom stereocenters. The van der Waals surface area contributed by atoms with Crippen LogP contribution in [0.4, 0.5) is 0 Å². The van der Waals surface area contributed by atoms with Crippen molar-refractivity contribution in [3.63, 3.8) is 0 Å². The van der Waals surface area contributed by atoms with Gasteiger partial charge in [0, 0.05) is 12.5 Å². The first-order valence-electron chi connectivity index (χ1n) is 8.29. The van der Waals surface area contributed by atoms with Crippen LogP contribution >= 0.6 is 0 Å². The van der Waals surface area contributed by atoms with Gasteiger partial charge in [-0.25, -0.2) is 26.8 Å². The van der Waals surface area contributed by atoms with E-state index in [9.17, 15) is 16.8 Å². The van der Waals surface area contributed by atoms with Gasteiger partial charge in [-0.2, -0.15) is 5.10 Å². The molecule has 0 amide bonds. The number of hydrogen-bond acceptors (Lipinski definition) is 8. The van der Waals surface area contributed by atoms with Crippen LogP contribution in [0.1, 0.15) is 36.8 Å². The Balaban J connectivity index is 2.22. The Morgan fingerprint density at radius 3 is 2.19 bits per heavy atom. The molecular formula is C16H20N4O4S2. The molecule has 0 aromatic carbocycles. The lowest BCUT2D eigenvalue weighted by Crippen LogP contribution is -2.12. The van der Waals surface area contributed by atoms with Crippen LogP contribution in [-0.4, -0.2) is 49.5 Å². The van der Waals surface area contributed by atoms with E-state index in [0.717, 1.165) is 55.7 Å². The zero-order valence-corrected chi connectivity index (χ0v) is 16.3. The van der Waals surface area contributed by atoms with Crippen molar-refractivity contribution in [3.05, 3.63) is 23.4 Å². The predicted molar refractivity (Wildman–Crippen MR) is 95.2 cm³/mol. The molecule has 8 nitrogen and oxygen atoms in total. The van der Waals surface area contributed by atoms with Crippen molar-refractivity contribution in [3.8, 4) is 11.4 Å². The molecule has 1 aliphatic rings. The van der Waals surface area contributed by atoms with Crippen LogP contribution in [0.15, 0.2) is 22.4 Å². The van der Waals surface area contributed by atoms with Crippen molar-refractivity contribution in [1.82, 2.24) is 20.2 Å². The quantitative estimate of drug-likeness (QED) is 0.763. The van der Waals surface area contributed by atoms with Crippen LogP contribution in [0.2, 0.25) is 0 Å². The van der Waals surface area contributed by atoms with Crippen molar-refractivity contribution >= 4 is 19.7 Å². The van der Waals surface area contributed by atoms with Crippen LogP contribution in [0, 0.1) is 0 Å². The highest BCUT2D eigenvalue weighted by Gasteiger charge is 2.23. The van der Waals surface area contributed by atoms with Gasteiger partial charge in [0.05, 0.1) is 11.9 Å². The highest BCUT2D eigenvalue weighted by molar-refractivity contribution is 7.90. The van der Waals surface area contributed by atoms with E-state index in [1.54, 1.807) is 6.07 Å². The van der Waals surface area contributed by atoms with Crippen LogP contribution < -0.4 is 0 Å². The minimum Gasteiger partial charge on any atom is -0.234 e. The highest BCUT2D eigenvalue weighted by Crippen LogP contribution is 2.29. The number of sulfone groups is 2. The van der Waals surface area contributed by atoms with Crippen molar-refractivity contribution in [2.75, 3.05) is 12.5 Å². The Labute approximate surface area is 153 Å². The zero-order valence-electron chi connectivity index (χ0n) is 14.6. The van der Waals surface area contributed by atoms with Crippen LogP contribution in [0.3, 0.4) is 0 Å². The lowest BCUT2D eigenvalue weighted by atomic mass is 9.94. The first-order valence-corrected chi connectivity index (χ1v) is 12.1. The van der Waals surface area contributed by atoms with Gasteiger partial charge in [0.15, 0.2) is 14.9 Å². The molecule has 0 saturated heterocycles. The summed E-state index contributed by atoms with van der Waals surface area (Å²) >= 11 is 0. The highest BCUT2D eigenvalue weighted by atomic mass is 32.2. The first kappa shape index (κ1) is 18.8. The Morgan fingerprint density at radius 2 is 1.54 bits per heavy atom. The lowest BCUT2D eigenvalue weighted by molar-refractivity contribution is 0.584. The molecule has 1 aliphatic carbocycles. The number of aromatic nitrogens is 4. The summed E-state index contributed by atoms with van der Waals surface area (Å²) in [5.41, 5.74) is 2.18. The third-order valence-corrected chi connectivity index (χ3v) is 6.16.